The maximum atomic E-state index is 5.71. The Labute approximate surface area is 159 Å². The number of H-pyrrole nitrogens is 1. The number of ether oxygens (including phenoxy) is 1. The lowest BCUT2D eigenvalue weighted by atomic mass is 10.1. The summed E-state index contributed by atoms with van der Waals surface area (Å²) in [5, 5.41) is 16.7. The van der Waals surface area contributed by atoms with Crippen LogP contribution in [0.5, 0.6) is 5.75 Å². The highest BCUT2D eigenvalue weighted by Gasteiger charge is 2.13. The van der Waals surface area contributed by atoms with Gasteiger partial charge in [-0.05, 0) is 17.7 Å². The van der Waals surface area contributed by atoms with Gasteiger partial charge in [0.15, 0.2) is 0 Å². The minimum atomic E-state index is 0.499. The molecule has 0 radical (unpaired) electrons. The highest BCUT2D eigenvalue weighted by Crippen LogP contribution is 2.30. The van der Waals surface area contributed by atoms with Crippen LogP contribution in [0.2, 0.25) is 0 Å². The van der Waals surface area contributed by atoms with Gasteiger partial charge in [0.1, 0.15) is 17.1 Å². The van der Waals surface area contributed by atoms with Crippen LogP contribution in [-0.4, -0.2) is 41.7 Å². The quantitative estimate of drug-likeness (QED) is 0.486. The molecule has 140 valence electrons. The number of aromatic amines is 1. The number of benzene rings is 1. The average molecular weight is 374 g/mol. The van der Waals surface area contributed by atoms with Gasteiger partial charge < -0.3 is 14.9 Å². The van der Waals surface area contributed by atoms with E-state index in [1.165, 1.54) is 0 Å². The standard InChI is InChI=1S/C19H18N8O/c1-28-14-4-15(16-7-21-23-17(16)5-14)18-11-27(25-24-18)10-13-9-26-8-12(6-20)2-3-19(26)22-13/h2-5,7-9,11H,6,10,20H2,1H3,(H,21,23). The Bertz CT molecular complexity index is 1280. The first kappa shape index (κ1) is 16.5. The first-order valence-corrected chi connectivity index (χ1v) is 8.81. The van der Waals surface area contributed by atoms with Crippen LogP contribution in [0, 0.1) is 0 Å². The molecule has 0 aliphatic rings. The van der Waals surface area contributed by atoms with Crippen LogP contribution in [0.4, 0.5) is 0 Å². The van der Waals surface area contributed by atoms with Crippen molar-refractivity contribution in [1.82, 2.24) is 34.6 Å². The molecule has 0 amide bonds. The first-order valence-electron chi connectivity index (χ1n) is 8.81. The lowest BCUT2D eigenvalue weighted by Crippen LogP contribution is -2.00. The van der Waals surface area contributed by atoms with Gasteiger partial charge in [0.25, 0.3) is 0 Å². The summed E-state index contributed by atoms with van der Waals surface area (Å²) in [7, 11) is 1.64. The molecule has 0 fully saturated rings. The van der Waals surface area contributed by atoms with Crippen LogP contribution in [0.25, 0.3) is 27.8 Å². The zero-order valence-corrected chi connectivity index (χ0v) is 15.2. The Kier molecular flexibility index (Phi) is 3.80. The number of methoxy groups -OCH3 is 1. The van der Waals surface area contributed by atoms with Gasteiger partial charge in [-0.15, -0.1) is 5.10 Å². The second kappa shape index (κ2) is 6.46. The number of nitrogens with one attached hydrogen (secondary N) is 1. The SMILES string of the molecule is COc1cc(-c2cn(Cc3cn4cc(CN)ccc4n3)nn2)c2cn[nH]c2c1. The van der Waals surface area contributed by atoms with Crippen molar-refractivity contribution in [3.63, 3.8) is 0 Å². The summed E-state index contributed by atoms with van der Waals surface area (Å²) in [5.41, 5.74) is 11.1. The molecule has 0 spiro atoms. The van der Waals surface area contributed by atoms with Gasteiger partial charge in [-0.25, -0.2) is 9.67 Å². The van der Waals surface area contributed by atoms with Gasteiger partial charge in [0, 0.05) is 36.0 Å². The van der Waals surface area contributed by atoms with Gasteiger partial charge in [-0.3, -0.25) is 5.10 Å². The summed E-state index contributed by atoms with van der Waals surface area (Å²) in [6, 6.07) is 7.79. The Morgan fingerprint density at radius 1 is 1.18 bits per heavy atom. The molecule has 0 saturated carbocycles. The number of rotatable bonds is 5. The fourth-order valence-electron chi connectivity index (χ4n) is 3.31. The third-order valence-corrected chi connectivity index (χ3v) is 4.70. The van der Waals surface area contributed by atoms with Crippen LogP contribution in [0.1, 0.15) is 11.3 Å². The highest BCUT2D eigenvalue weighted by molar-refractivity contribution is 5.94. The maximum Gasteiger partial charge on any atom is 0.137 e. The molecule has 4 heterocycles. The van der Waals surface area contributed by atoms with Gasteiger partial charge in [0.05, 0.1) is 37.3 Å². The Morgan fingerprint density at radius 2 is 2.11 bits per heavy atom. The predicted molar refractivity (Wildman–Crippen MR) is 104 cm³/mol. The molecule has 28 heavy (non-hydrogen) atoms. The summed E-state index contributed by atoms with van der Waals surface area (Å²) < 4.78 is 9.13. The second-order valence-electron chi connectivity index (χ2n) is 6.55. The largest absolute Gasteiger partial charge is 0.497 e. The Hall–Kier alpha value is -3.72. The normalized spacial score (nSPS) is 11.5. The van der Waals surface area contributed by atoms with E-state index in [0.717, 1.165) is 44.8 Å². The van der Waals surface area contributed by atoms with Crippen molar-refractivity contribution in [3.05, 3.63) is 60.3 Å². The van der Waals surface area contributed by atoms with Crippen molar-refractivity contribution in [2.75, 3.05) is 7.11 Å². The van der Waals surface area contributed by atoms with Gasteiger partial charge in [0.2, 0.25) is 0 Å². The topological polar surface area (TPSA) is 112 Å². The number of nitrogens with zero attached hydrogens (tertiary/aromatic N) is 6. The molecule has 0 aliphatic carbocycles. The lowest BCUT2D eigenvalue weighted by Gasteiger charge is -2.03. The number of hydrogen-bond donors (Lipinski definition) is 2. The number of hydrogen-bond acceptors (Lipinski definition) is 6. The van der Waals surface area contributed by atoms with Gasteiger partial charge >= 0.3 is 0 Å². The Morgan fingerprint density at radius 3 is 2.96 bits per heavy atom. The zero-order valence-electron chi connectivity index (χ0n) is 15.2. The zero-order chi connectivity index (χ0) is 19.1. The molecular formula is C19H18N8O. The van der Waals surface area contributed by atoms with E-state index < -0.39 is 0 Å². The molecule has 0 bridgehead atoms. The number of pyridine rings is 1. The van der Waals surface area contributed by atoms with Gasteiger partial charge in [-0.2, -0.15) is 5.10 Å². The monoisotopic (exact) mass is 374 g/mol. The highest BCUT2D eigenvalue weighted by atomic mass is 16.5. The molecule has 0 unspecified atom stereocenters. The minimum Gasteiger partial charge on any atom is -0.497 e. The maximum absolute atomic E-state index is 5.71. The van der Waals surface area contributed by atoms with Crippen LogP contribution in [-0.2, 0) is 13.1 Å². The first-order chi connectivity index (χ1) is 13.7. The van der Waals surface area contributed by atoms with Crippen LogP contribution in [0.15, 0.2) is 49.1 Å². The lowest BCUT2D eigenvalue weighted by molar-refractivity contribution is 0.415. The van der Waals surface area contributed by atoms with Crippen molar-refractivity contribution in [3.8, 4) is 17.0 Å². The van der Waals surface area contributed by atoms with E-state index in [0.29, 0.717) is 13.1 Å². The third kappa shape index (κ3) is 2.78. The molecule has 4 aromatic heterocycles. The van der Waals surface area contributed by atoms with Crippen molar-refractivity contribution in [2.45, 2.75) is 13.1 Å². The summed E-state index contributed by atoms with van der Waals surface area (Å²) in [5.74, 6) is 0.734. The fourth-order valence-corrected chi connectivity index (χ4v) is 3.31. The van der Waals surface area contributed by atoms with E-state index >= 15 is 0 Å². The molecule has 1 aromatic carbocycles. The molecule has 9 nitrogen and oxygen atoms in total. The molecule has 0 saturated heterocycles. The van der Waals surface area contributed by atoms with Crippen LogP contribution in [0.3, 0.4) is 0 Å². The summed E-state index contributed by atoms with van der Waals surface area (Å²) in [6.45, 7) is 1.02. The molecular weight excluding hydrogens is 356 g/mol. The fraction of sp³-hybridized carbons (Fsp3) is 0.158. The van der Waals surface area contributed by atoms with Gasteiger partial charge in [-0.1, -0.05) is 11.3 Å². The molecule has 5 rings (SSSR count). The molecule has 0 aliphatic heterocycles. The molecule has 3 N–H and O–H groups in total. The number of fused-ring (bicyclic) bond motifs is 2. The third-order valence-electron chi connectivity index (χ3n) is 4.70. The average Bonchev–Trinajstić information content (AvgIpc) is 3.45. The van der Waals surface area contributed by atoms with E-state index in [2.05, 4.69) is 25.5 Å². The van der Waals surface area contributed by atoms with Crippen LogP contribution >= 0.6 is 0 Å². The van der Waals surface area contributed by atoms with Crippen molar-refractivity contribution >= 4 is 16.6 Å². The summed E-state index contributed by atoms with van der Waals surface area (Å²) in [4.78, 5) is 4.63. The summed E-state index contributed by atoms with van der Waals surface area (Å²) in [6.07, 6.45) is 7.65. The van der Waals surface area contributed by atoms with Crippen molar-refractivity contribution in [2.24, 2.45) is 5.73 Å². The van der Waals surface area contributed by atoms with E-state index in [1.54, 1.807) is 18.0 Å². The molecule has 9 heteroatoms. The van der Waals surface area contributed by atoms with E-state index in [1.807, 2.05) is 47.3 Å². The number of imidazole rings is 1. The predicted octanol–water partition coefficient (Wildman–Crippen LogP) is 1.98. The smallest absolute Gasteiger partial charge is 0.137 e. The van der Waals surface area contributed by atoms with Crippen molar-refractivity contribution < 1.29 is 4.74 Å². The van der Waals surface area contributed by atoms with E-state index in [4.69, 9.17) is 10.5 Å². The number of aromatic nitrogens is 7. The second-order valence-corrected chi connectivity index (χ2v) is 6.55. The van der Waals surface area contributed by atoms with E-state index in [-0.39, 0.29) is 0 Å². The molecule has 5 aromatic rings. The van der Waals surface area contributed by atoms with Crippen LogP contribution < -0.4 is 10.5 Å². The van der Waals surface area contributed by atoms with E-state index in [9.17, 15) is 0 Å². The van der Waals surface area contributed by atoms with Crippen molar-refractivity contribution in [1.29, 1.82) is 0 Å². The minimum absolute atomic E-state index is 0.499. The molecule has 0 atom stereocenters. The number of nitrogens with two attached hydrogens (primary N) is 1. The Balaban J connectivity index is 1.48. The summed E-state index contributed by atoms with van der Waals surface area (Å²) >= 11 is 0.